The lowest BCUT2D eigenvalue weighted by Gasteiger charge is -2.36. The zero-order chi connectivity index (χ0) is 14.8. The zero-order valence-electron chi connectivity index (χ0n) is 12.3. The van der Waals surface area contributed by atoms with Crippen molar-refractivity contribution in [1.82, 2.24) is 9.80 Å². The van der Waals surface area contributed by atoms with E-state index < -0.39 is 0 Å². The van der Waals surface area contributed by atoms with Crippen LogP contribution in [0.25, 0.3) is 0 Å². The predicted octanol–water partition coefficient (Wildman–Crippen LogP) is 1.67. The SMILES string of the molecule is Nc1cccc(C(=O)N2CCC(N3CCCC3)CC2)c1O. The molecule has 0 aliphatic carbocycles. The first-order valence-corrected chi connectivity index (χ1v) is 7.77. The molecule has 1 aromatic rings. The summed E-state index contributed by atoms with van der Waals surface area (Å²) in [7, 11) is 0. The number of nitrogen functional groups attached to an aromatic ring is 1. The third-order valence-corrected chi connectivity index (χ3v) is 4.71. The molecule has 21 heavy (non-hydrogen) atoms. The van der Waals surface area contributed by atoms with Crippen LogP contribution in [0.3, 0.4) is 0 Å². The number of hydrogen-bond acceptors (Lipinski definition) is 4. The normalized spacial score (nSPS) is 20.9. The van der Waals surface area contributed by atoms with Gasteiger partial charge < -0.3 is 20.6 Å². The van der Waals surface area contributed by atoms with Crippen molar-refractivity contribution >= 4 is 11.6 Å². The highest BCUT2D eigenvalue weighted by Crippen LogP contribution is 2.27. The maximum Gasteiger partial charge on any atom is 0.257 e. The van der Waals surface area contributed by atoms with E-state index in [4.69, 9.17) is 5.73 Å². The molecular weight excluding hydrogens is 266 g/mol. The third-order valence-electron chi connectivity index (χ3n) is 4.71. The first-order chi connectivity index (χ1) is 10.2. The summed E-state index contributed by atoms with van der Waals surface area (Å²) in [6.45, 7) is 3.92. The molecule has 0 aromatic heterocycles. The second-order valence-electron chi connectivity index (χ2n) is 6.01. The number of amides is 1. The number of benzene rings is 1. The van der Waals surface area contributed by atoms with E-state index in [1.807, 2.05) is 4.90 Å². The second-order valence-corrected chi connectivity index (χ2v) is 6.01. The van der Waals surface area contributed by atoms with Crippen LogP contribution in [0.1, 0.15) is 36.0 Å². The fourth-order valence-corrected chi connectivity index (χ4v) is 3.45. The van der Waals surface area contributed by atoms with Gasteiger partial charge in [0.1, 0.15) is 0 Å². The summed E-state index contributed by atoms with van der Waals surface area (Å²) in [6.07, 6.45) is 4.65. The van der Waals surface area contributed by atoms with Crippen LogP contribution >= 0.6 is 0 Å². The Morgan fingerprint density at radius 3 is 2.48 bits per heavy atom. The van der Waals surface area contributed by atoms with Gasteiger partial charge in [0.2, 0.25) is 0 Å². The lowest BCUT2D eigenvalue weighted by atomic mass is 10.0. The number of nitrogens with two attached hydrogens (primary N) is 1. The number of para-hydroxylation sites is 1. The summed E-state index contributed by atoms with van der Waals surface area (Å²) < 4.78 is 0. The van der Waals surface area contributed by atoms with Crippen molar-refractivity contribution in [2.45, 2.75) is 31.7 Å². The van der Waals surface area contributed by atoms with E-state index in [9.17, 15) is 9.90 Å². The first kappa shape index (κ1) is 14.2. The molecule has 5 heteroatoms. The summed E-state index contributed by atoms with van der Waals surface area (Å²) in [6, 6.07) is 5.57. The minimum atomic E-state index is -0.111. The van der Waals surface area contributed by atoms with Crippen molar-refractivity contribution in [2.24, 2.45) is 0 Å². The van der Waals surface area contributed by atoms with Crippen LogP contribution in [0.5, 0.6) is 5.75 Å². The van der Waals surface area contributed by atoms with E-state index in [0.29, 0.717) is 11.6 Å². The molecule has 0 unspecified atom stereocenters. The summed E-state index contributed by atoms with van der Waals surface area (Å²) in [5, 5.41) is 9.94. The molecule has 2 heterocycles. The molecule has 114 valence electrons. The van der Waals surface area contributed by atoms with Crippen LogP contribution in [0.15, 0.2) is 18.2 Å². The van der Waals surface area contributed by atoms with Crippen LogP contribution < -0.4 is 5.73 Å². The molecule has 0 atom stereocenters. The maximum atomic E-state index is 12.5. The van der Waals surface area contributed by atoms with E-state index in [2.05, 4.69) is 4.90 Å². The minimum Gasteiger partial charge on any atom is -0.505 e. The number of phenolic OH excluding ortho intramolecular Hbond substituents is 1. The number of carbonyl (C=O) groups excluding carboxylic acids is 1. The second kappa shape index (κ2) is 5.93. The lowest BCUT2D eigenvalue weighted by molar-refractivity contribution is 0.0642. The number of piperidine rings is 1. The number of likely N-dealkylation sites (tertiary alicyclic amines) is 2. The Bertz CT molecular complexity index is 518. The molecular formula is C16H23N3O2. The van der Waals surface area contributed by atoms with Crippen LogP contribution in [0, 0.1) is 0 Å². The van der Waals surface area contributed by atoms with Gasteiger partial charge in [-0.1, -0.05) is 6.07 Å². The lowest BCUT2D eigenvalue weighted by Crippen LogP contribution is -2.45. The zero-order valence-corrected chi connectivity index (χ0v) is 12.3. The van der Waals surface area contributed by atoms with Gasteiger partial charge in [-0.15, -0.1) is 0 Å². The van der Waals surface area contributed by atoms with Crippen LogP contribution in [0.2, 0.25) is 0 Å². The highest BCUT2D eigenvalue weighted by Gasteiger charge is 2.29. The Morgan fingerprint density at radius 2 is 1.81 bits per heavy atom. The molecule has 1 amide bonds. The van der Waals surface area contributed by atoms with Gasteiger partial charge in [0, 0.05) is 19.1 Å². The van der Waals surface area contributed by atoms with Gasteiger partial charge in [-0.25, -0.2) is 0 Å². The average molecular weight is 289 g/mol. The molecule has 3 rings (SSSR count). The van der Waals surface area contributed by atoms with E-state index in [1.54, 1.807) is 18.2 Å². The van der Waals surface area contributed by atoms with Crippen molar-refractivity contribution in [3.05, 3.63) is 23.8 Å². The van der Waals surface area contributed by atoms with Crippen molar-refractivity contribution in [3.63, 3.8) is 0 Å². The van der Waals surface area contributed by atoms with E-state index >= 15 is 0 Å². The van der Waals surface area contributed by atoms with Crippen molar-refractivity contribution in [1.29, 1.82) is 0 Å². The van der Waals surface area contributed by atoms with Gasteiger partial charge in [0.05, 0.1) is 11.3 Å². The fraction of sp³-hybridized carbons (Fsp3) is 0.562. The van der Waals surface area contributed by atoms with Gasteiger partial charge in [-0.3, -0.25) is 4.79 Å². The van der Waals surface area contributed by atoms with Gasteiger partial charge in [0.25, 0.3) is 5.91 Å². The molecule has 3 N–H and O–H groups in total. The van der Waals surface area contributed by atoms with Gasteiger partial charge in [-0.05, 0) is 50.9 Å². The van der Waals surface area contributed by atoms with Gasteiger partial charge in [0.15, 0.2) is 5.75 Å². The van der Waals surface area contributed by atoms with Crippen LogP contribution in [-0.4, -0.2) is 53.0 Å². The van der Waals surface area contributed by atoms with Crippen LogP contribution in [-0.2, 0) is 0 Å². The topological polar surface area (TPSA) is 69.8 Å². The molecule has 1 aromatic carbocycles. The summed E-state index contributed by atoms with van der Waals surface area (Å²) in [5.41, 5.74) is 6.24. The number of phenols is 1. The Balaban J connectivity index is 1.63. The number of nitrogens with zero attached hydrogens (tertiary/aromatic N) is 2. The molecule has 0 spiro atoms. The molecule has 0 bridgehead atoms. The van der Waals surface area contributed by atoms with Crippen LogP contribution in [0.4, 0.5) is 5.69 Å². The minimum absolute atomic E-state index is 0.0934. The molecule has 2 aliphatic rings. The Labute approximate surface area is 125 Å². The van der Waals surface area contributed by atoms with E-state index in [-0.39, 0.29) is 17.3 Å². The number of carbonyl (C=O) groups is 1. The Morgan fingerprint density at radius 1 is 1.14 bits per heavy atom. The molecule has 5 nitrogen and oxygen atoms in total. The van der Waals surface area contributed by atoms with E-state index in [0.717, 1.165) is 25.9 Å². The first-order valence-electron chi connectivity index (χ1n) is 7.77. The Hall–Kier alpha value is -1.75. The standard InChI is InChI=1S/C16H23N3O2/c17-14-5-3-4-13(15(14)20)16(21)19-10-6-12(7-11-19)18-8-1-2-9-18/h3-5,12,20H,1-2,6-11,17H2. The summed E-state index contributed by atoms with van der Waals surface area (Å²) in [4.78, 5) is 16.9. The third kappa shape index (κ3) is 2.83. The number of anilines is 1. The van der Waals surface area contributed by atoms with Gasteiger partial charge >= 0.3 is 0 Å². The smallest absolute Gasteiger partial charge is 0.257 e. The maximum absolute atomic E-state index is 12.5. The number of rotatable bonds is 2. The number of aromatic hydroxyl groups is 1. The van der Waals surface area contributed by atoms with E-state index in [1.165, 1.54) is 25.9 Å². The monoisotopic (exact) mass is 289 g/mol. The summed E-state index contributed by atoms with van der Waals surface area (Å²) >= 11 is 0. The average Bonchev–Trinajstić information content (AvgIpc) is 3.04. The molecule has 0 saturated carbocycles. The highest BCUT2D eigenvalue weighted by atomic mass is 16.3. The Kier molecular flexibility index (Phi) is 4.01. The largest absolute Gasteiger partial charge is 0.505 e. The quantitative estimate of drug-likeness (QED) is 0.642. The molecule has 2 fully saturated rings. The van der Waals surface area contributed by atoms with Crippen molar-refractivity contribution in [2.75, 3.05) is 31.9 Å². The molecule has 2 saturated heterocycles. The highest BCUT2D eigenvalue weighted by molar-refractivity contribution is 5.98. The summed E-state index contributed by atoms with van der Waals surface area (Å²) in [5.74, 6) is -0.205. The van der Waals surface area contributed by atoms with Crippen molar-refractivity contribution in [3.8, 4) is 5.75 Å². The van der Waals surface area contributed by atoms with Gasteiger partial charge in [-0.2, -0.15) is 0 Å². The van der Waals surface area contributed by atoms with Crippen molar-refractivity contribution < 1.29 is 9.90 Å². The number of hydrogen-bond donors (Lipinski definition) is 2. The fourth-order valence-electron chi connectivity index (χ4n) is 3.45. The molecule has 0 radical (unpaired) electrons. The predicted molar refractivity (Wildman–Crippen MR) is 82.3 cm³/mol. The molecule has 2 aliphatic heterocycles.